The van der Waals surface area contributed by atoms with E-state index < -0.39 is 5.69 Å². The minimum absolute atomic E-state index is 0.194. The summed E-state index contributed by atoms with van der Waals surface area (Å²) < 4.78 is 2.54. The van der Waals surface area contributed by atoms with Crippen molar-refractivity contribution in [1.82, 2.24) is 9.13 Å². The number of rotatable bonds is 4. The molecule has 20 heavy (non-hydrogen) atoms. The fraction of sp³-hybridized carbons (Fsp3) is 0.231. The maximum Gasteiger partial charge on any atom is 0.331 e. The average Bonchev–Trinajstić information content (AvgIpc) is 2.42. The Hall–Kier alpha value is -1.56. The lowest BCUT2D eigenvalue weighted by Crippen LogP contribution is -2.40. The van der Waals surface area contributed by atoms with Crippen LogP contribution in [0.25, 0.3) is 0 Å². The number of hydrogen-bond donors (Lipinski definition) is 1. The van der Waals surface area contributed by atoms with Gasteiger partial charge >= 0.3 is 5.69 Å². The summed E-state index contributed by atoms with van der Waals surface area (Å²) in [5, 5.41) is 0.878. The van der Waals surface area contributed by atoms with Crippen molar-refractivity contribution in [3.8, 4) is 0 Å². The first-order chi connectivity index (χ1) is 9.52. The normalized spacial score (nSPS) is 10.8. The predicted octanol–water partition coefficient (Wildman–Crippen LogP) is 1.32. The summed E-state index contributed by atoms with van der Waals surface area (Å²) in [4.78, 5) is 23.7. The molecule has 0 radical (unpaired) electrons. The summed E-state index contributed by atoms with van der Waals surface area (Å²) in [6.07, 6.45) is 1.46. The summed E-state index contributed by atoms with van der Waals surface area (Å²) in [5.74, 6) is 0. The molecule has 1 heterocycles. The lowest BCUT2D eigenvalue weighted by Gasteiger charge is -2.09. The van der Waals surface area contributed by atoms with Gasteiger partial charge in [-0.25, -0.2) is 4.79 Å². The van der Waals surface area contributed by atoms with Crippen LogP contribution in [0.3, 0.4) is 0 Å². The molecule has 0 saturated carbocycles. The number of nitrogens with zero attached hydrogens (tertiary/aromatic N) is 2. The lowest BCUT2D eigenvalue weighted by molar-refractivity contribution is 0.579. The molecule has 1 aromatic heterocycles. The molecule has 2 N–H and O–H groups in total. The molecular weight excluding hydrogens is 301 g/mol. The maximum atomic E-state index is 12.1. The van der Waals surface area contributed by atoms with Crippen LogP contribution >= 0.6 is 23.2 Å². The van der Waals surface area contributed by atoms with Crippen molar-refractivity contribution in [1.29, 1.82) is 0 Å². The highest BCUT2D eigenvalue weighted by Gasteiger charge is 2.06. The van der Waals surface area contributed by atoms with Crippen LogP contribution in [0.4, 0.5) is 0 Å². The molecule has 0 spiro atoms. The van der Waals surface area contributed by atoms with Gasteiger partial charge in [-0.2, -0.15) is 0 Å². The van der Waals surface area contributed by atoms with Crippen LogP contribution in [-0.4, -0.2) is 15.7 Å². The van der Waals surface area contributed by atoms with Gasteiger partial charge in [-0.1, -0.05) is 29.3 Å². The first kappa shape index (κ1) is 14.8. The monoisotopic (exact) mass is 313 g/mol. The third-order valence-corrected chi connectivity index (χ3v) is 3.57. The van der Waals surface area contributed by atoms with Gasteiger partial charge in [-0.3, -0.25) is 13.9 Å². The zero-order chi connectivity index (χ0) is 14.7. The molecule has 7 heteroatoms. The molecule has 0 bridgehead atoms. The van der Waals surface area contributed by atoms with Crippen LogP contribution in [0.2, 0.25) is 10.0 Å². The van der Waals surface area contributed by atoms with E-state index in [1.54, 1.807) is 18.2 Å². The first-order valence-corrected chi connectivity index (χ1v) is 6.73. The van der Waals surface area contributed by atoms with E-state index in [9.17, 15) is 9.59 Å². The molecule has 0 unspecified atom stereocenters. The van der Waals surface area contributed by atoms with Crippen molar-refractivity contribution in [3.63, 3.8) is 0 Å². The zero-order valence-corrected chi connectivity index (χ0v) is 12.1. The minimum atomic E-state index is -0.394. The SMILES string of the molecule is NCCn1c(=O)ccn(Cc2ccc(Cl)c(Cl)c2)c1=O. The highest BCUT2D eigenvalue weighted by molar-refractivity contribution is 6.42. The Balaban J connectivity index is 2.39. The molecule has 1 aromatic carbocycles. The van der Waals surface area contributed by atoms with Crippen molar-refractivity contribution in [2.75, 3.05) is 6.54 Å². The Bertz CT molecular complexity index is 737. The van der Waals surface area contributed by atoms with Gasteiger partial charge in [-0.05, 0) is 17.7 Å². The third kappa shape index (κ3) is 3.12. The molecule has 0 aliphatic heterocycles. The molecule has 2 aromatic rings. The molecule has 5 nitrogen and oxygen atoms in total. The van der Waals surface area contributed by atoms with E-state index in [1.807, 2.05) is 0 Å². The van der Waals surface area contributed by atoms with Gasteiger partial charge < -0.3 is 5.73 Å². The van der Waals surface area contributed by atoms with Crippen LogP contribution < -0.4 is 17.0 Å². The molecule has 0 saturated heterocycles. The summed E-state index contributed by atoms with van der Waals surface area (Å²) in [6, 6.07) is 6.47. The van der Waals surface area contributed by atoms with Crippen molar-refractivity contribution in [3.05, 3.63) is 66.9 Å². The molecule has 0 aliphatic rings. The summed E-state index contributed by atoms with van der Waals surface area (Å²) in [6.45, 7) is 0.729. The van der Waals surface area contributed by atoms with Gasteiger partial charge in [0.05, 0.1) is 16.6 Å². The van der Waals surface area contributed by atoms with Gasteiger partial charge in [0.15, 0.2) is 0 Å². The molecule has 0 atom stereocenters. The predicted molar refractivity (Wildman–Crippen MR) is 79.6 cm³/mol. The largest absolute Gasteiger partial charge is 0.331 e. The van der Waals surface area contributed by atoms with Crippen LogP contribution in [-0.2, 0) is 13.1 Å². The second-order valence-corrected chi connectivity index (χ2v) is 5.07. The number of aromatic nitrogens is 2. The summed E-state index contributed by atoms with van der Waals surface area (Å²) >= 11 is 11.8. The Morgan fingerprint density at radius 1 is 1.10 bits per heavy atom. The summed E-state index contributed by atoms with van der Waals surface area (Å²) in [5.41, 5.74) is 5.47. The molecule has 0 fully saturated rings. The van der Waals surface area contributed by atoms with E-state index in [4.69, 9.17) is 28.9 Å². The Kier molecular flexibility index (Phi) is 4.65. The van der Waals surface area contributed by atoms with Crippen molar-refractivity contribution in [2.24, 2.45) is 5.73 Å². The number of benzene rings is 1. The lowest BCUT2D eigenvalue weighted by atomic mass is 10.2. The van der Waals surface area contributed by atoms with Gasteiger partial charge in [0.25, 0.3) is 5.56 Å². The number of halogens is 2. The van der Waals surface area contributed by atoms with Gasteiger partial charge in [0.1, 0.15) is 0 Å². The van der Waals surface area contributed by atoms with Crippen molar-refractivity contribution in [2.45, 2.75) is 13.1 Å². The molecule has 0 amide bonds. The van der Waals surface area contributed by atoms with E-state index in [2.05, 4.69) is 0 Å². The fourth-order valence-corrected chi connectivity index (χ4v) is 2.17. The molecule has 106 valence electrons. The molecule has 2 rings (SSSR count). The highest BCUT2D eigenvalue weighted by Crippen LogP contribution is 2.22. The van der Waals surface area contributed by atoms with E-state index in [1.165, 1.54) is 16.8 Å². The van der Waals surface area contributed by atoms with Gasteiger partial charge in [-0.15, -0.1) is 0 Å². The Morgan fingerprint density at radius 2 is 1.85 bits per heavy atom. The van der Waals surface area contributed by atoms with E-state index in [0.717, 1.165) is 10.1 Å². The number of hydrogen-bond acceptors (Lipinski definition) is 3. The van der Waals surface area contributed by atoms with Crippen LogP contribution in [0.5, 0.6) is 0 Å². The van der Waals surface area contributed by atoms with Crippen molar-refractivity contribution < 1.29 is 0 Å². The fourth-order valence-electron chi connectivity index (χ4n) is 1.85. The average molecular weight is 314 g/mol. The zero-order valence-electron chi connectivity index (χ0n) is 10.6. The second kappa shape index (κ2) is 6.26. The van der Waals surface area contributed by atoms with E-state index in [-0.39, 0.29) is 18.6 Å². The maximum absolute atomic E-state index is 12.1. The first-order valence-electron chi connectivity index (χ1n) is 5.97. The summed E-state index contributed by atoms with van der Waals surface area (Å²) in [7, 11) is 0. The van der Waals surface area contributed by atoms with Crippen LogP contribution in [0.15, 0.2) is 40.1 Å². The topological polar surface area (TPSA) is 70.0 Å². The van der Waals surface area contributed by atoms with Crippen LogP contribution in [0.1, 0.15) is 5.56 Å². The van der Waals surface area contributed by atoms with Gasteiger partial charge in [0, 0.05) is 25.4 Å². The van der Waals surface area contributed by atoms with E-state index in [0.29, 0.717) is 16.6 Å². The minimum Gasteiger partial charge on any atom is -0.329 e. The van der Waals surface area contributed by atoms with Crippen molar-refractivity contribution >= 4 is 23.2 Å². The quantitative estimate of drug-likeness (QED) is 0.925. The smallest absolute Gasteiger partial charge is 0.329 e. The standard InChI is InChI=1S/C13H13Cl2N3O2/c14-10-2-1-9(7-11(10)15)8-17-5-3-12(19)18(6-4-16)13(17)20/h1-3,5,7H,4,6,8,16H2. The Morgan fingerprint density at radius 3 is 2.50 bits per heavy atom. The highest BCUT2D eigenvalue weighted by atomic mass is 35.5. The Labute approximate surface area is 125 Å². The second-order valence-electron chi connectivity index (χ2n) is 4.25. The van der Waals surface area contributed by atoms with Gasteiger partial charge in [0.2, 0.25) is 0 Å². The van der Waals surface area contributed by atoms with E-state index >= 15 is 0 Å². The van der Waals surface area contributed by atoms with Crippen LogP contribution in [0, 0.1) is 0 Å². The third-order valence-electron chi connectivity index (χ3n) is 2.83. The number of nitrogens with two attached hydrogens (primary N) is 1. The molecular formula is C13H13Cl2N3O2. The molecule has 0 aliphatic carbocycles.